The Morgan fingerprint density at radius 3 is 2.70 bits per heavy atom. The van der Waals surface area contributed by atoms with Gasteiger partial charge in [0.2, 0.25) is 0 Å². The Kier molecular flexibility index (Phi) is 5.55. The van der Waals surface area contributed by atoms with Gasteiger partial charge in [-0.1, -0.05) is 15.9 Å². The van der Waals surface area contributed by atoms with Crippen LogP contribution in [0.4, 0.5) is 0 Å². The van der Waals surface area contributed by atoms with Gasteiger partial charge in [-0.25, -0.2) is 4.79 Å². The first-order chi connectivity index (χ1) is 10.9. The standard InChI is InChI=1S/C12H15BrN4O6/c13-1-6(15-4-14)5-2-17(12(22)16-10(5)21)11-9(20)8(19)7(3-18)23-11/h2,6-9,11,15,18-20H,1,3H2,(H,16,21,22)/t6?,7-,8-,9+,11?/m1/s1. The molecule has 2 unspecified atom stereocenters. The number of rotatable bonds is 5. The number of aliphatic hydroxyl groups excluding tert-OH is 3. The van der Waals surface area contributed by atoms with E-state index in [0.717, 1.165) is 10.8 Å². The van der Waals surface area contributed by atoms with E-state index in [2.05, 4.69) is 26.2 Å². The van der Waals surface area contributed by atoms with Crippen LogP contribution in [0.5, 0.6) is 0 Å². The van der Waals surface area contributed by atoms with Gasteiger partial charge in [-0.05, 0) is 0 Å². The van der Waals surface area contributed by atoms with Crippen molar-refractivity contribution in [3.63, 3.8) is 0 Å². The van der Waals surface area contributed by atoms with Gasteiger partial charge in [0.25, 0.3) is 5.56 Å². The average Bonchev–Trinajstić information content (AvgIpc) is 2.81. The Hall–Kier alpha value is -1.71. The van der Waals surface area contributed by atoms with Gasteiger partial charge in [0.05, 0.1) is 18.2 Å². The molecular weight excluding hydrogens is 376 g/mol. The molecule has 5 atom stereocenters. The highest BCUT2D eigenvalue weighted by Gasteiger charge is 2.44. The number of aliphatic hydroxyl groups is 3. The predicted octanol–water partition coefficient (Wildman–Crippen LogP) is -2.35. The van der Waals surface area contributed by atoms with E-state index in [0.29, 0.717) is 0 Å². The molecule has 0 spiro atoms. The number of hydrogen-bond acceptors (Lipinski definition) is 8. The molecule has 0 bridgehead atoms. The Morgan fingerprint density at radius 2 is 2.17 bits per heavy atom. The molecule has 0 aromatic carbocycles. The largest absolute Gasteiger partial charge is 0.394 e. The maximum absolute atomic E-state index is 12.0. The van der Waals surface area contributed by atoms with Gasteiger partial charge in [-0.2, -0.15) is 5.26 Å². The second-order valence-corrected chi connectivity index (χ2v) is 5.59. The highest BCUT2D eigenvalue weighted by atomic mass is 79.9. The van der Waals surface area contributed by atoms with Crippen LogP contribution in [0.15, 0.2) is 15.8 Å². The Morgan fingerprint density at radius 1 is 1.48 bits per heavy atom. The van der Waals surface area contributed by atoms with Crippen LogP contribution in [0.3, 0.4) is 0 Å². The number of nitriles is 1. The van der Waals surface area contributed by atoms with Crippen LogP contribution in [-0.2, 0) is 4.74 Å². The summed E-state index contributed by atoms with van der Waals surface area (Å²) >= 11 is 3.15. The fourth-order valence-corrected chi connectivity index (χ4v) is 2.84. The molecule has 1 aliphatic rings. The summed E-state index contributed by atoms with van der Waals surface area (Å²) in [6, 6.07) is -0.701. The Bertz CT molecular complexity index is 713. The second-order valence-electron chi connectivity index (χ2n) is 4.94. The molecular formula is C12H15BrN4O6. The third kappa shape index (κ3) is 3.31. The topological polar surface area (TPSA) is 161 Å². The molecule has 0 aliphatic carbocycles. The first-order valence-electron chi connectivity index (χ1n) is 6.63. The van der Waals surface area contributed by atoms with E-state index in [4.69, 9.17) is 15.1 Å². The molecule has 23 heavy (non-hydrogen) atoms. The maximum Gasteiger partial charge on any atom is 0.330 e. The van der Waals surface area contributed by atoms with Crippen molar-refractivity contribution in [2.75, 3.05) is 11.9 Å². The quantitative estimate of drug-likeness (QED) is 0.212. The number of alkyl halides is 1. The van der Waals surface area contributed by atoms with Gasteiger partial charge in [0.1, 0.15) is 18.3 Å². The minimum absolute atomic E-state index is 0.0702. The number of halogens is 1. The summed E-state index contributed by atoms with van der Waals surface area (Å²) in [4.78, 5) is 26.0. The van der Waals surface area contributed by atoms with Crippen LogP contribution in [0, 0.1) is 11.5 Å². The molecule has 1 aliphatic heterocycles. The fraction of sp³-hybridized carbons (Fsp3) is 0.583. The summed E-state index contributed by atoms with van der Waals surface area (Å²) in [5.41, 5.74) is -1.47. The fourth-order valence-electron chi connectivity index (χ4n) is 2.33. The average molecular weight is 391 g/mol. The van der Waals surface area contributed by atoms with Crippen LogP contribution in [0.1, 0.15) is 17.8 Å². The zero-order valence-electron chi connectivity index (χ0n) is 11.7. The van der Waals surface area contributed by atoms with Crippen molar-refractivity contribution in [2.24, 2.45) is 0 Å². The van der Waals surface area contributed by atoms with Crippen LogP contribution in [0.25, 0.3) is 0 Å². The SMILES string of the molecule is N#CNC(CBr)c1cn(C2O[C@H](CO)[C@@H](O)[C@@H]2O)c(=O)[nH]c1=O. The predicted molar refractivity (Wildman–Crippen MR) is 79.6 cm³/mol. The van der Waals surface area contributed by atoms with Crippen molar-refractivity contribution in [3.05, 3.63) is 32.6 Å². The van der Waals surface area contributed by atoms with Crippen LogP contribution in [0.2, 0.25) is 0 Å². The summed E-state index contributed by atoms with van der Waals surface area (Å²) in [6.45, 7) is -0.542. The van der Waals surface area contributed by atoms with E-state index in [1.54, 1.807) is 6.19 Å². The molecule has 0 saturated carbocycles. The van der Waals surface area contributed by atoms with Gasteiger partial charge in [-0.15, -0.1) is 0 Å². The normalized spacial score (nSPS) is 28.3. The van der Waals surface area contributed by atoms with E-state index < -0.39 is 48.4 Å². The lowest BCUT2D eigenvalue weighted by atomic mass is 10.1. The van der Waals surface area contributed by atoms with E-state index in [-0.39, 0.29) is 10.9 Å². The lowest BCUT2D eigenvalue weighted by molar-refractivity contribution is -0.0551. The number of aromatic amines is 1. The first kappa shape index (κ1) is 17.6. The van der Waals surface area contributed by atoms with Crippen molar-refractivity contribution in [3.8, 4) is 6.19 Å². The maximum atomic E-state index is 12.0. The van der Waals surface area contributed by atoms with Crippen molar-refractivity contribution < 1.29 is 20.1 Å². The molecule has 1 aromatic heterocycles. The lowest BCUT2D eigenvalue weighted by Crippen LogP contribution is -2.40. The van der Waals surface area contributed by atoms with Crippen molar-refractivity contribution in [1.29, 1.82) is 5.26 Å². The van der Waals surface area contributed by atoms with Crippen molar-refractivity contribution >= 4 is 15.9 Å². The number of aromatic nitrogens is 2. The summed E-state index contributed by atoms with van der Waals surface area (Å²) in [6.07, 6.45) is -2.31. The third-order valence-electron chi connectivity index (χ3n) is 3.56. The minimum atomic E-state index is -1.46. The Balaban J connectivity index is 2.46. The molecule has 2 heterocycles. The first-order valence-corrected chi connectivity index (χ1v) is 7.75. The number of nitrogens with zero attached hydrogens (tertiary/aromatic N) is 2. The van der Waals surface area contributed by atoms with Gasteiger partial charge in [0, 0.05) is 11.5 Å². The van der Waals surface area contributed by atoms with Gasteiger partial charge in [0.15, 0.2) is 12.4 Å². The minimum Gasteiger partial charge on any atom is -0.394 e. The van der Waals surface area contributed by atoms with E-state index in [1.165, 1.54) is 0 Å². The molecule has 5 N–H and O–H groups in total. The highest BCUT2D eigenvalue weighted by molar-refractivity contribution is 9.09. The monoisotopic (exact) mass is 390 g/mol. The van der Waals surface area contributed by atoms with E-state index in [9.17, 15) is 19.8 Å². The van der Waals surface area contributed by atoms with Crippen molar-refractivity contribution in [1.82, 2.24) is 14.9 Å². The number of H-pyrrole nitrogens is 1. The van der Waals surface area contributed by atoms with E-state index >= 15 is 0 Å². The molecule has 1 fully saturated rings. The number of hydrogen-bond donors (Lipinski definition) is 5. The smallest absolute Gasteiger partial charge is 0.330 e. The second kappa shape index (κ2) is 7.24. The lowest BCUT2D eigenvalue weighted by Gasteiger charge is -2.19. The molecule has 0 amide bonds. The molecule has 10 nitrogen and oxygen atoms in total. The molecule has 126 valence electrons. The molecule has 1 aromatic rings. The molecule has 0 radical (unpaired) electrons. The highest BCUT2D eigenvalue weighted by Crippen LogP contribution is 2.28. The summed E-state index contributed by atoms with van der Waals surface area (Å²) in [5.74, 6) is 0. The zero-order valence-corrected chi connectivity index (χ0v) is 13.3. The Labute approximate surface area is 138 Å². The van der Waals surface area contributed by atoms with Gasteiger partial charge >= 0.3 is 5.69 Å². The number of nitrogens with one attached hydrogen (secondary N) is 2. The van der Waals surface area contributed by atoms with Crippen LogP contribution >= 0.6 is 15.9 Å². The molecule has 11 heteroatoms. The summed E-state index contributed by atoms with van der Waals surface area (Å²) < 4.78 is 6.18. The molecule has 2 rings (SSSR count). The van der Waals surface area contributed by atoms with E-state index in [1.807, 2.05) is 0 Å². The van der Waals surface area contributed by atoms with Crippen molar-refractivity contribution in [2.45, 2.75) is 30.6 Å². The van der Waals surface area contributed by atoms with Gasteiger partial charge < -0.3 is 25.4 Å². The van der Waals surface area contributed by atoms with Crippen LogP contribution < -0.4 is 16.6 Å². The van der Waals surface area contributed by atoms with Gasteiger partial charge in [-0.3, -0.25) is 14.3 Å². The number of ether oxygens (including phenoxy) is 1. The molecule has 1 saturated heterocycles. The zero-order chi connectivity index (χ0) is 17.1. The summed E-state index contributed by atoms with van der Waals surface area (Å²) in [7, 11) is 0. The third-order valence-corrected chi connectivity index (χ3v) is 4.20. The summed E-state index contributed by atoms with van der Waals surface area (Å²) in [5, 5.41) is 40.2. The van der Waals surface area contributed by atoms with Crippen LogP contribution in [-0.4, -0.2) is 55.1 Å².